The largest absolute Gasteiger partial charge is 0.267 e. The maximum atomic E-state index is 4.05. The second kappa shape index (κ2) is 3.29. The first-order chi connectivity index (χ1) is 6.68. The zero-order valence-corrected chi connectivity index (χ0v) is 8.70. The molecule has 0 fully saturated rings. The standard InChI is InChI=1S/C12H13N2/c1-9-4-5-11(10(2)8-9)12-6-7-13-14(12)3/h4-6,8H,1-3H3. The normalized spacial score (nSPS) is 10.5. The second-order valence-corrected chi connectivity index (χ2v) is 3.60. The van der Waals surface area contributed by atoms with Gasteiger partial charge < -0.3 is 0 Å². The lowest BCUT2D eigenvalue weighted by molar-refractivity contribution is 0.773. The van der Waals surface area contributed by atoms with E-state index in [4.69, 9.17) is 0 Å². The number of aromatic nitrogens is 2. The third-order valence-corrected chi connectivity index (χ3v) is 2.42. The van der Waals surface area contributed by atoms with Crippen LogP contribution in [0.2, 0.25) is 0 Å². The number of benzene rings is 1. The van der Waals surface area contributed by atoms with Gasteiger partial charge in [0.05, 0.1) is 5.69 Å². The van der Waals surface area contributed by atoms with Crippen molar-refractivity contribution >= 4 is 0 Å². The van der Waals surface area contributed by atoms with Crippen LogP contribution >= 0.6 is 0 Å². The van der Waals surface area contributed by atoms with Gasteiger partial charge in [0.15, 0.2) is 0 Å². The monoisotopic (exact) mass is 185 g/mol. The summed E-state index contributed by atoms with van der Waals surface area (Å²) in [4.78, 5) is 0. The van der Waals surface area contributed by atoms with Gasteiger partial charge >= 0.3 is 0 Å². The highest BCUT2D eigenvalue weighted by Gasteiger charge is 2.05. The first kappa shape index (κ1) is 9.00. The van der Waals surface area contributed by atoms with Gasteiger partial charge in [-0.15, -0.1) is 0 Å². The maximum Gasteiger partial charge on any atom is 0.113 e. The molecule has 0 saturated carbocycles. The lowest BCUT2D eigenvalue weighted by Gasteiger charge is -2.06. The van der Waals surface area contributed by atoms with Gasteiger partial charge in [0, 0.05) is 12.6 Å². The van der Waals surface area contributed by atoms with E-state index in [1.807, 2.05) is 17.8 Å². The van der Waals surface area contributed by atoms with Gasteiger partial charge in [-0.2, -0.15) is 5.10 Å². The Morgan fingerprint density at radius 3 is 2.64 bits per heavy atom. The molecule has 1 radical (unpaired) electrons. The van der Waals surface area contributed by atoms with Crippen LogP contribution in [-0.4, -0.2) is 9.78 Å². The van der Waals surface area contributed by atoms with Crippen LogP contribution in [0, 0.1) is 20.0 Å². The highest BCUT2D eigenvalue weighted by atomic mass is 15.3. The Labute approximate surface area is 84.2 Å². The number of hydrogen-bond donors (Lipinski definition) is 0. The summed E-state index contributed by atoms with van der Waals surface area (Å²) in [5.41, 5.74) is 4.91. The van der Waals surface area contributed by atoms with E-state index < -0.39 is 0 Å². The molecule has 0 N–H and O–H groups in total. The van der Waals surface area contributed by atoms with Crippen molar-refractivity contribution in [3.05, 3.63) is 41.6 Å². The Morgan fingerprint density at radius 1 is 1.29 bits per heavy atom. The summed E-state index contributed by atoms with van der Waals surface area (Å²) in [7, 11) is 1.94. The highest BCUT2D eigenvalue weighted by Crippen LogP contribution is 2.22. The van der Waals surface area contributed by atoms with Crippen molar-refractivity contribution < 1.29 is 0 Å². The Hall–Kier alpha value is -1.57. The topological polar surface area (TPSA) is 17.8 Å². The molecule has 0 aliphatic heterocycles. The predicted molar refractivity (Wildman–Crippen MR) is 57.0 cm³/mol. The molecule has 2 rings (SSSR count). The second-order valence-electron chi connectivity index (χ2n) is 3.60. The molecular formula is C12H13N2. The molecule has 0 aliphatic rings. The molecule has 1 heterocycles. The molecule has 0 saturated heterocycles. The lowest BCUT2D eigenvalue weighted by Crippen LogP contribution is -1.95. The van der Waals surface area contributed by atoms with Crippen molar-refractivity contribution in [2.75, 3.05) is 0 Å². The Kier molecular flexibility index (Phi) is 2.12. The summed E-state index contributed by atoms with van der Waals surface area (Å²) >= 11 is 0. The molecule has 2 aromatic rings. The Bertz CT molecular complexity index is 455. The van der Waals surface area contributed by atoms with Crippen LogP contribution in [-0.2, 0) is 7.05 Å². The van der Waals surface area contributed by atoms with Crippen LogP contribution in [0.3, 0.4) is 0 Å². The summed E-state index contributed by atoms with van der Waals surface area (Å²) in [6.45, 7) is 4.22. The molecule has 2 heteroatoms. The fourth-order valence-corrected chi connectivity index (χ4v) is 1.68. The molecule has 0 unspecified atom stereocenters. The van der Waals surface area contributed by atoms with E-state index in [1.165, 1.54) is 16.7 Å². The number of nitrogens with zero attached hydrogens (tertiary/aromatic N) is 2. The molecule has 71 valence electrons. The van der Waals surface area contributed by atoms with Crippen molar-refractivity contribution in [1.82, 2.24) is 9.78 Å². The Morgan fingerprint density at radius 2 is 2.07 bits per heavy atom. The highest BCUT2D eigenvalue weighted by molar-refractivity contribution is 5.63. The lowest BCUT2D eigenvalue weighted by atomic mass is 10.0. The van der Waals surface area contributed by atoms with E-state index in [0.29, 0.717) is 0 Å². The smallest absolute Gasteiger partial charge is 0.113 e. The summed E-state index contributed by atoms with van der Waals surface area (Å²) in [5, 5.41) is 4.05. The van der Waals surface area contributed by atoms with Crippen LogP contribution in [0.1, 0.15) is 11.1 Å². The zero-order valence-electron chi connectivity index (χ0n) is 8.70. The van der Waals surface area contributed by atoms with Gasteiger partial charge in [-0.25, -0.2) is 0 Å². The van der Waals surface area contributed by atoms with E-state index in [0.717, 1.165) is 5.69 Å². The summed E-state index contributed by atoms with van der Waals surface area (Å²) in [5.74, 6) is 0. The van der Waals surface area contributed by atoms with Crippen molar-refractivity contribution in [3.63, 3.8) is 0 Å². The van der Waals surface area contributed by atoms with E-state index in [2.05, 4.69) is 43.3 Å². The fraction of sp³-hybridized carbons (Fsp3) is 0.250. The molecule has 0 atom stereocenters. The van der Waals surface area contributed by atoms with Gasteiger partial charge in [-0.05, 0) is 25.5 Å². The molecule has 0 spiro atoms. The summed E-state index contributed by atoms with van der Waals surface area (Å²) in [6.07, 6.45) is 2.85. The van der Waals surface area contributed by atoms with E-state index in [1.54, 1.807) is 0 Å². The first-order valence-corrected chi connectivity index (χ1v) is 4.66. The quantitative estimate of drug-likeness (QED) is 0.667. The summed E-state index contributed by atoms with van der Waals surface area (Å²) in [6, 6.07) is 8.35. The average molecular weight is 185 g/mol. The minimum atomic E-state index is 1.11. The van der Waals surface area contributed by atoms with Gasteiger partial charge in [0.25, 0.3) is 0 Å². The van der Waals surface area contributed by atoms with Gasteiger partial charge in [-0.3, -0.25) is 4.68 Å². The molecule has 14 heavy (non-hydrogen) atoms. The maximum absolute atomic E-state index is 4.05. The molecule has 0 amide bonds. The van der Waals surface area contributed by atoms with Crippen LogP contribution in [0.15, 0.2) is 24.3 Å². The van der Waals surface area contributed by atoms with Crippen LogP contribution in [0.25, 0.3) is 11.3 Å². The molecule has 0 bridgehead atoms. The SMILES string of the molecule is Cc1ccc(-c2c[c]nn2C)c(C)c1. The molecule has 1 aromatic heterocycles. The average Bonchev–Trinajstić information content (AvgIpc) is 2.52. The zero-order chi connectivity index (χ0) is 10.1. The minimum Gasteiger partial charge on any atom is -0.267 e. The van der Waals surface area contributed by atoms with E-state index in [9.17, 15) is 0 Å². The number of rotatable bonds is 1. The van der Waals surface area contributed by atoms with Crippen molar-refractivity contribution in [1.29, 1.82) is 0 Å². The van der Waals surface area contributed by atoms with Crippen LogP contribution in [0.4, 0.5) is 0 Å². The van der Waals surface area contributed by atoms with Gasteiger partial charge in [0.1, 0.15) is 6.20 Å². The summed E-state index contributed by atoms with van der Waals surface area (Å²) < 4.78 is 1.84. The molecule has 2 nitrogen and oxygen atoms in total. The number of hydrogen-bond acceptors (Lipinski definition) is 1. The van der Waals surface area contributed by atoms with Crippen LogP contribution in [0.5, 0.6) is 0 Å². The van der Waals surface area contributed by atoms with E-state index in [-0.39, 0.29) is 0 Å². The third-order valence-electron chi connectivity index (χ3n) is 2.42. The predicted octanol–water partition coefficient (Wildman–Crippen LogP) is 2.50. The Balaban J connectivity index is 2.58. The van der Waals surface area contributed by atoms with Gasteiger partial charge in [0.2, 0.25) is 0 Å². The molecular weight excluding hydrogens is 172 g/mol. The molecule has 1 aromatic carbocycles. The third kappa shape index (κ3) is 1.43. The van der Waals surface area contributed by atoms with Crippen molar-refractivity contribution in [2.45, 2.75) is 13.8 Å². The minimum absolute atomic E-state index is 1.11. The van der Waals surface area contributed by atoms with Crippen molar-refractivity contribution in [2.24, 2.45) is 7.05 Å². The molecule has 0 aliphatic carbocycles. The van der Waals surface area contributed by atoms with Crippen LogP contribution < -0.4 is 0 Å². The van der Waals surface area contributed by atoms with E-state index >= 15 is 0 Å². The van der Waals surface area contributed by atoms with Crippen molar-refractivity contribution in [3.8, 4) is 11.3 Å². The fourth-order valence-electron chi connectivity index (χ4n) is 1.68. The van der Waals surface area contributed by atoms with Gasteiger partial charge in [-0.1, -0.05) is 23.8 Å². The number of aryl methyl sites for hydroxylation is 3. The first-order valence-electron chi connectivity index (χ1n) is 4.66.